The molecule has 1 amide bonds. The first kappa shape index (κ1) is 26.1. The minimum Gasteiger partial charge on any atom is -0.462 e. The second-order valence-corrected chi connectivity index (χ2v) is 11.1. The summed E-state index contributed by atoms with van der Waals surface area (Å²) >= 11 is 9.42. The molecule has 2 aliphatic rings. The van der Waals surface area contributed by atoms with Crippen molar-refractivity contribution in [2.75, 3.05) is 51.3 Å². The maximum atomic E-state index is 15.1. The van der Waals surface area contributed by atoms with E-state index in [1.165, 1.54) is 0 Å². The quantitative estimate of drug-likeness (QED) is 0.490. The van der Waals surface area contributed by atoms with E-state index in [0.717, 1.165) is 0 Å². The second-order valence-electron chi connectivity index (χ2n) is 9.90. The van der Waals surface area contributed by atoms with E-state index in [1.54, 1.807) is 11.0 Å². The molecule has 0 spiro atoms. The number of anilines is 1. The van der Waals surface area contributed by atoms with E-state index >= 15 is 4.39 Å². The molecule has 0 N–H and O–H groups in total. The number of aromatic nitrogens is 2. The highest BCUT2D eigenvalue weighted by atomic mass is 79.9. The zero-order valence-electron chi connectivity index (χ0n) is 20.2. The van der Waals surface area contributed by atoms with Crippen LogP contribution in [0.1, 0.15) is 27.2 Å². The van der Waals surface area contributed by atoms with Gasteiger partial charge in [0.1, 0.15) is 29.7 Å². The highest BCUT2D eigenvalue weighted by Gasteiger charge is 2.31. The summed E-state index contributed by atoms with van der Waals surface area (Å²) in [5.74, 6) is -0.152. The van der Waals surface area contributed by atoms with E-state index in [4.69, 9.17) is 21.1 Å². The van der Waals surface area contributed by atoms with E-state index < -0.39 is 17.6 Å². The van der Waals surface area contributed by atoms with Gasteiger partial charge < -0.3 is 19.3 Å². The van der Waals surface area contributed by atoms with Gasteiger partial charge in [0.05, 0.1) is 9.50 Å². The zero-order chi connectivity index (χ0) is 25.5. The molecule has 3 heterocycles. The Morgan fingerprint density at radius 3 is 2.54 bits per heavy atom. The van der Waals surface area contributed by atoms with Crippen LogP contribution < -0.4 is 9.64 Å². The highest BCUT2D eigenvalue weighted by Crippen LogP contribution is 2.36. The molecule has 12 heteroatoms. The fourth-order valence-corrected chi connectivity index (χ4v) is 4.74. The lowest BCUT2D eigenvalue weighted by Gasteiger charge is -2.36. The van der Waals surface area contributed by atoms with Crippen molar-refractivity contribution in [3.05, 3.63) is 21.4 Å². The predicted octanol–water partition coefficient (Wildman–Crippen LogP) is 4.66. The lowest BCUT2D eigenvalue weighted by atomic mass is 10.2. The molecule has 2 aromatic rings. The number of fused-ring (bicyclic) bond motifs is 1. The number of rotatable bonds is 4. The van der Waals surface area contributed by atoms with Gasteiger partial charge in [-0.15, -0.1) is 0 Å². The number of likely N-dealkylation sites (N-methyl/N-ethyl adjacent to an activating group) is 1. The average Bonchev–Trinajstić information content (AvgIpc) is 3.11. The molecule has 0 saturated carbocycles. The lowest BCUT2D eigenvalue weighted by Crippen LogP contribution is -2.50. The first-order valence-electron chi connectivity index (χ1n) is 11.5. The minimum atomic E-state index is -0.904. The van der Waals surface area contributed by atoms with Gasteiger partial charge in [-0.1, -0.05) is 11.6 Å². The van der Waals surface area contributed by atoms with Crippen LogP contribution in [0.3, 0.4) is 0 Å². The van der Waals surface area contributed by atoms with Gasteiger partial charge in [-0.25, -0.2) is 13.6 Å². The normalized spacial score (nSPS) is 21.6. The third-order valence-electron chi connectivity index (χ3n) is 6.06. The smallest absolute Gasteiger partial charge is 0.410 e. The van der Waals surface area contributed by atoms with Crippen LogP contribution in [0.5, 0.6) is 6.01 Å². The molecule has 2 aliphatic heterocycles. The Morgan fingerprint density at radius 2 is 1.94 bits per heavy atom. The maximum Gasteiger partial charge on any atom is 0.410 e. The number of likely N-dealkylation sites (tertiary alicyclic amines) is 1. The minimum absolute atomic E-state index is 0.00547. The number of halogens is 4. The number of ether oxygens (including phenoxy) is 2. The molecule has 1 aromatic carbocycles. The molecule has 0 unspecified atom stereocenters. The van der Waals surface area contributed by atoms with Crippen molar-refractivity contribution in [3.63, 3.8) is 0 Å². The summed E-state index contributed by atoms with van der Waals surface area (Å²) in [6, 6.07) is 1.50. The molecule has 8 nitrogen and oxygen atoms in total. The number of amides is 1. The molecule has 35 heavy (non-hydrogen) atoms. The summed E-state index contributed by atoms with van der Waals surface area (Å²) in [6.07, 6.45) is -0.920. The van der Waals surface area contributed by atoms with E-state index in [9.17, 15) is 9.18 Å². The van der Waals surface area contributed by atoms with Crippen molar-refractivity contribution in [1.82, 2.24) is 19.8 Å². The topological polar surface area (TPSA) is 71.0 Å². The van der Waals surface area contributed by atoms with E-state index in [2.05, 4.69) is 25.9 Å². The molecule has 0 radical (unpaired) electrons. The fourth-order valence-electron chi connectivity index (χ4n) is 4.25. The predicted molar refractivity (Wildman–Crippen MR) is 134 cm³/mol. The summed E-state index contributed by atoms with van der Waals surface area (Å²) in [7, 11) is 1.84. The number of benzene rings is 1. The standard InChI is InChI=1S/C23H29BrClF2N5O3/c1-23(2,3)35-22(33)32-7-5-31(6-8-32)20-15-10-16(25)17(24)18(27)19(15)28-21(29-20)34-12-14-9-13(26)11-30(14)4/h10,13-14H,5-9,11-12H2,1-4H3/t13-,14+/m1/s1. The van der Waals surface area contributed by atoms with E-state index in [0.29, 0.717) is 50.3 Å². The molecule has 4 rings (SSSR count). The monoisotopic (exact) mass is 575 g/mol. The summed E-state index contributed by atoms with van der Waals surface area (Å²) in [5, 5.41) is 0.637. The van der Waals surface area contributed by atoms with Gasteiger partial charge >= 0.3 is 12.1 Å². The van der Waals surface area contributed by atoms with Crippen molar-refractivity contribution in [2.24, 2.45) is 0 Å². The molecule has 1 aromatic heterocycles. The number of hydrogen-bond acceptors (Lipinski definition) is 7. The van der Waals surface area contributed by atoms with Gasteiger partial charge in [0.25, 0.3) is 0 Å². The Morgan fingerprint density at radius 1 is 1.26 bits per heavy atom. The Bertz CT molecular complexity index is 1110. The Kier molecular flexibility index (Phi) is 7.59. The van der Waals surface area contributed by atoms with Crippen LogP contribution in [0, 0.1) is 5.82 Å². The summed E-state index contributed by atoms with van der Waals surface area (Å²) in [4.78, 5) is 26.8. The SMILES string of the molecule is CN1C[C@H](F)C[C@H]1COc1nc(N2CCN(C(=O)OC(C)(C)C)CC2)c2cc(Cl)c(Br)c(F)c2n1. The van der Waals surface area contributed by atoms with Crippen molar-refractivity contribution in [1.29, 1.82) is 0 Å². The van der Waals surface area contributed by atoms with Gasteiger partial charge in [-0.2, -0.15) is 9.97 Å². The van der Waals surface area contributed by atoms with Crippen LogP contribution in [0.15, 0.2) is 10.5 Å². The molecular formula is C23H29BrClF2N5O3. The van der Waals surface area contributed by atoms with Crippen LogP contribution in [-0.2, 0) is 4.74 Å². The number of nitrogens with zero attached hydrogens (tertiary/aromatic N) is 5. The van der Waals surface area contributed by atoms with Crippen LogP contribution >= 0.6 is 27.5 Å². The Hall–Kier alpha value is -1.98. The second kappa shape index (κ2) is 10.2. The van der Waals surface area contributed by atoms with Gasteiger partial charge in [0.15, 0.2) is 5.82 Å². The summed E-state index contributed by atoms with van der Waals surface area (Å²) in [6.45, 7) is 7.73. The number of carbonyl (C=O) groups excluding carboxylic acids is 1. The first-order chi connectivity index (χ1) is 16.4. The summed E-state index contributed by atoms with van der Waals surface area (Å²) in [5.41, 5.74) is -0.514. The molecular weight excluding hydrogens is 548 g/mol. The van der Waals surface area contributed by atoms with Gasteiger partial charge in [-0.3, -0.25) is 4.90 Å². The maximum absolute atomic E-state index is 15.1. The molecule has 0 bridgehead atoms. The van der Waals surface area contributed by atoms with E-state index in [-0.39, 0.29) is 39.8 Å². The summed E-state index contributed by atoms with van der Waals surface area (Å²) < 4.78 is 40.3. The number of piperazine rings is 1. The van der Waals surface area contributed by atoms with Crippen LogP contribution in [0.25, 0.3) is 10.9 Å². The van der Waals surface area contributed by atoms with E-state index in [1.807, 2.05) is 37.6 Å². The van der Waals surface area contributed by atoms with Crippen LogP contribution in [0.2, 0.25) is 5.02 Å². The number of hydrogen-bond donors (Lipinski definition) is 0. The lowest BCUT2D eigenvalue weighted by molar-refractivity contribution is 0.0240. The molecule has 2 saturated heterocycles. The van der Waals surface area contributed by atoms with Crippen LogP contribution in [0.4, 0.5) is 19.4 Å². The third kappa shape index (κ3) is 5.89. The third-order valence-corrected chi connectivity index (χ3v) is 7.36. The van der Waals surface area contributed by atoms with Crippen LogP contribution in [-0.4, -0.2) is 90.1 Å². The van der Waals surface area contributed by atoms with Gasteiger partial charge in [-0.05, 0) is 56.2 Å². The number of alkyl halides is 1. The van der Waals surface area contributed by atoms with Crippen molar-refractivity contribution in [2.45, 2.75) is 45.0 Å². The molecule has 0 aliphatic carbocycles. The molecule has 2 atom stereocenters. The molecule has 2 fully saturated rings. The van der Waals surface area contributed by atoms with Gasteiger partial charge in [0.2, 0.25) is 0 Å². The van der Waals surface area contributed by atoms with Gasteiger partial charge in [0, 0.05) is 44.2 Å². The Labute approximate surface area is 216 Å². The largest absolute Gasteiger partial charge is 0.462 e. The first-order valence-corrected chi connectivity index (χ1v) is 12.6. The Balaban J connectivity index is 1.59. The van der Waals surface area contributed by atoms with Crippen molar-refractivity contribution >= 4 is 50.3 Å². The van der Waals surface area contributed by atoms with Crippen molar-refractivity contribution in [3.8, 4) is 6.01 Å². The zero-order valence-corrected chi connectivity index (χ0v) is 22.5. The average molecular weight is 577 g/mol. The fraction of sp³-hybridized carbons (Fsp3) is 0.609. The van der Waals surface area contributed by atoms with Crippen molar-refractivity contribution < 1.29 is 23.0 Å². The number of carbonyl (C=O) groups is 1. The molecule has 192 valence electrons. The highest BCUT2D eigenvalue weighted by molar-refractivity contribution is 9.10.